The molecule has 0 spiro atoms. The lowest BCUT2D eigenvalue weighted by Gasteiger charge is -2.38. The van der Waals surface area contributed by atoms with E-state index in [1.54, 1.807) is 6.20 Å². The van der Waals surface area contributed by atoms with E-state index in [9.17, 15) is 4.79 Å². The Labute approximate surface area is 142 Å². The summed E-state index contributed by atoms with van der Waals surface area (Å²) in [6.07, 6.45) is 1.75. The quantitative estimate of drug-likeness (QED) is 0.866. The van der Waals surface area contributed by atoms with Crippen molar-refractivity contribution in [1.29, 1.82) is 0 Å². The van der Waals surface area contributed by atoms with Crippen molar-refractivity contribution in [3.05, 3.63) is 35.8 Å². The molecule has 2 aromatic heterocycles. The van der Waals surface area contributed by atoms with Crippen molar-refractivity contribution in [2.24, 2.45) is 0 Å². The molecule has 1 unspecified atom stereocenters. The number of rotatable bonds is 3. The predicted octanol–water partition coefficient (Wildman–Crippen LogP) is 2.21. The molecule has 1 aliphatic heterocycles. The van der Waals surface area contributed by atoms with Gasteiger partial charge in [-0.2, -0.15) is 0 Å². The topological polar surface area (TPSA) is 62.2 Å². The highest BCUT2D eigenvalue weighted by Gasteiger charge is 2.32. The van der Waals surface area contributed by atoms with Crippen molar-refractivity contribution in [2.75, 3.05) is 24.5 Å². The van der Waals surface area contributed by atoms with Gasteiger partial charge < -0.3 is 9.80 Å². The summed E-state index contributed by atoms with van der Waals surface area (Å²) in [5, 5.41) is 0. The number of carbonyl (C=O) groups excluding carboxylic acids is 1. The number of hydrogen-bond donors (Lipinski definition) is 0. The molecule has 1 aliphatic rings. The Hall–Kier alpha value is -2.50. The van der Waals surface area contributed by atoms with E-state index in [0.717, 1.165) is 35.7 Å². The summed E-state index contributed by atoms with van der Waals surface area (Å²) >= 11 is 0. The van der Waals surface area contributed by atoms with Crippen LogP contribution in [-0.2, 0) is 4.79 Å². The van der Waals surface area contributed by atoms with Gasteiger partial charge in [-0.05, 0) is 45.9 Å². The number of hydrogen-bond acceptors (Lipinski definition) is 5. The summed E-state index contributed by atoms with van der Waals surface area (Å²) in [4.78, 5) is 29.9. The molecule has 1 saturated heterocycles. The fraction of sp³-hybridized carbons (Fsp3) is 0.444. The smallest absolute Gasteiger partial charge is 0.245 e. The second kappa shape index (κ2) is 6.55. The monoisotopic (exact) mass is 325 g/mol. The Morgan fingerprint density at radius 1 is 1.17 bits per heavy atom. The van der Waals surface area contributed by atoms with Gasteiger partial charge in [0.2, 0.25) is 11.9 Å². The zero-order valence-corrected chi connectivity index (χ0v) is 14.7. The summed E-state index contributed by atoms with van der Waals surface area (Å²) < 4.78 is 0. The van der Waals surface area contributed by atoms with Gasteiger partial charge in [-0.15, -0.1) is 0 Å². The predicted molar refractivity (Wildman–Crippen MR) is 93.8 cm³/mol. The molecular formula is C18H23N5O. The largest absolute Gasteiger partial charge is 0.339 e. The van der Waals surface area contributed by atoms with Crippen LogP contribution in [0.1, 0.15) is 25.2 Å². The zero-order chi connectivity index (χ0) is 17.3. The summed E-state index contributed by atoms with van der Waals surface area (Å²) in [5.74, 6) is 0.731. The maximum Gasteiger partial charge on any atom is 0.245 e. The van der Waals surface area contributed by atoms with Crippen LogP contribution in [0.15, 0.2) is 24.4 Å². The first-order valence-corrected chi connectivity index (χ1v) is 8.34. The van der Waals surface area contributed by atoms with Crippen LogP contribution in [0.4, 0.5) is 5.95 Å². The molecule has 6 nitrogen and oxygen atoms in total. The van der Waals surface area contributed by atoms with E-state index in [1.807, 2.05) is 55.7 Å². The first kappa shape index (κ1) is 16.4. The molecule has 0 saturated carbocycles. The Morgan fingerprint density at radius 3 is 2.67 bits per heavy atom. The fourth-order valence-electron chi connectivity index (χ4n) is 3.11. The summed E-state index contributed by atoms with van der Waals surface area (Å²) in [5.41, 5.74) is 3.76. The van der Waals surface area contributed by atoms with E-state index in [1.165, 1.54) is 0 Å². The molecule has 0 radical (unpaired) electrons. The Bertz CT molecular complexity index is 761. The van der Waals surface area contributed by atoms with E-state index in [4.69, 9.17) is 4.98 Å². The van der Waals surface area contributed by atoms with Crippen LogP contribution < -0.4 is 4.90 Å². The molecule has 3 rings (SSSR count). The van der Waals surface area contributed by atoms with E-state index < -0.39 is 0 Å². The summed E-state index contributed by atoms with van der Waals surface area (Å²) in [6, 6.07) is 5.66. The van der Waals surface area contributed by atoms with Gasteiger partial charge in [0.1, 0.15) is 6.04 Å². The van der Waals surface area contributed by atoms with Crippen molar-refractivity contribution in [1.82, 2.24) is 19.9 Å². The van der Waals surface area contributed by atoms with Gasteiger partial charge in [0.05, 0.1) is 5.69 Å². The van der Waals surface area contributed by atoms with Gasteiger partial charge in [-0.1, -0.05) is 0 Å². The maximum atomic E-state index is 12.4. The second-order valence-electron chi connectivity index (χ2n) is 6.11. The third kappa shape index (κ3) is 2.96. The number of pyridine rings is 1. The van der Waals surface area contributed by atoms with Crippen LogP contribution in [0, 0.1) is 13.8 Å². The molecule has 3 heterocycles. The lowest BCUT2D eigenvalue weighted by molar-refractivity contribution is -0.133. The van der Waals surface area contributed by atoms with E-state index in [0.29, 0.717) is 12.5 Å². The minimum Gasteiger partial charge on any atom is -0.339 e. The molecule has 2 aromatic rings. The number of amides is 1. The fourth-order valence-corrected chi connectivity index (χ4v) is 3.11. The molecule has 0 bridgehead atoms. The average Bonchev–Trinajstić information content (AvgIpc) is 2.57. The first-order chi connectivity index (χ1) is 11.5. The maximum absolute atomic E-state index is 12.4. The number of anilines is 1. The molecule has 0 aromatic carbocycles. The molecule has 1 atom stereocenters. The number of aryl methyl sites for hydroxylation is 2. The lowest BCUT2D eigenvalue weighted by Crippen LogP contribution is -2.56. The van der Waals surface area contributed by atoms with Gasteiger partial charge >= 0.3 is 0 Å². The van der Waals surface area contributed by atoms with E-state index in [-0.39, 0.29) is 11.9 Å². The third-order valence-electron chi connectivity index (χ3n) is 4.53. The normalized spacial score (nSPS) is 18.2. The third-order valence-corrected chi connectivity index (χ3v) is 4.53. The Balaban J connectivity index is 1.92. The molecule has 126 valence electrons. The minimum absolute atomic E-state index is 0.130. The molecule has 1 amide bonds. The summed E-state index contributed by atoms with van der Waals surface area (Å²) in [7, 11) is 0. The van der Waals surface area contributed by atoms with Crippen molar-refractivity contribution < 1.29 is 4.79 Å². The van der Waals surface area contributed by atoms with E-state index >= 15 is 0 Å². The highest BCUT2D eigenvalue weighted by Crippen LogP contribution is 2.24. The highest BCUT2D eigenvalue weighted by atomic mass is 16.2. The molecule has 6 heteroatoms. The minimum atomic E-state index is -0.244. The molecule has 1 fully saturated rings. The van der Waals surface area contributed by atoms with Crippen LogP contribution in [0.5, 0.6) is 0 Å². The van der Waals surface area contributed by atoms with Crippen molar-refractivity contribution in [2.45, 2.75) is 33.7 Å². The number of aromatic nitrogens is 3. The number of likely N-dealkylation sites (N-methyl/N-ethyl adjacent to an activating group) is 1. The van der Waals surface area contributed by atoms with Crippen molar-refractivity contribution >= 4 is 11.9 Å². The first-order valence-electron chi connectivity index (χ1n) is 8.34. The Kier molecular flexibility index (Phi) is 4.46. The number of nitrogens with zero attached hydrogens (tertiary/aromatic N) is 5. The van der Waals surface area contributed by atoms with Crippen molar-refractivity contribution in [3.63, 3.8) is 0 Å². The highest BCUT2D eigenvalue weighted by molar-refractivity contribution is 5.85. The standard InChI is InChI=1S/C18H23N5O/c1-5-22-10-11-23(14(4)17(22)24)18-19-9-8-16(21-18)15-7-6-12(2)20-13(15)3/h6-9,14H,5,10-11H2,1-4H3. The SMILES string of the molecule is CCN1CCN(c2nccc(-c3ccc(C)nc3C)n2)C(C)C1=O. The second-order valence-corrected chi connectivity index (χ2v) is 6.11. The van der Waals surface area contributed by atoms with Gasteiger partial charge in [0.25, 0.3) is 0 Å². The average molecular weight is 325 g/mol. The van der Waals surface area contributed by atoms with Crippen LogP contribution in [0.2, 0.25) is 0 Å². The lowest BCUT2D eigenvalue weighted by atomic mass is 10.1. The van der Waals surface area contributed by atoms with Crippen LogP contribution in [0.3, 0.4) is 0 Å². The van der Waals surface area contributed by atoms with Crippen LogP contribution in [-0.4, -0.2) is 51.4 Å². The van der Waals surface area contributed by atoms with Crippen LogP contribution >= 0.6 is 0 Å². The van der Waals surface area contributed by atoms with Gasteiger partial charge in [-0.25, -0.2) is 9.97 Å². The van der Waals surface area contributed by atoms with Gasteiger partial charge in [0, 0.05) is 42.8 Å². The number of piperazine rings is 1. The van der Waals surface area contributed by atoms with Gasteiger partial charge in [-0.3, -0.25) is 9.78 Å². The number of carbonyl (C=O) groups is 1. The summed E-state index contributed by atoms with van der Waals surface area (Å²) in [6.45, 7) is 10.1. The molecular weight excluding hydrogens is 302 g/mol. The molecule has 0 N–H and O–H groups in total. The van der Waals surface area contributed by atoms with E-state index in [2.05, 4.69) is 9.97 Å². The van der Waals surface area contributed by atoms with Gasteiger partial charge in [0.15, 0.2) is 0 Å². The molecule has 0 aliphatic carbocycles. The Morgan fingerprint density at radius 2 is 1.96 bits per heavy atom. The molecule has 24 heavy (non-hydrogen) atoms. The van der Waals surface area contributed by atoms with Crippen molar-refractivity contribution in [3.8, 4) is 11.3 Å². The zero-order valence-electron chi connectivity index (χ0n) is 14.7. The van der Waals surface area contributed by atoms with Crippen LogP contribution in [0.25, 0.3) is 11.3 Å².